The number of thiophene rings is 1. The number of benzene rings is 1. The molecule has 1 aromatic heterocycles. The van der Waals surface area contributed by atoms with Crippen LogP contribution in [-0.4, -0.2) is 15.7 Å². The van der Waals surface area contributed by atoms with E-state index in [1.165, 1.54) is 11.3 Å². The molecule has 0 amide bonds. The van der Waals surface area contributed by atoms with E-state index in [0.717, 1.165) is 0 Å². The molecule has 1 atom stereocenters. The first-order chi connectivity index (χ1) is 7.77. The summed E-state index contributed by atoms with van der Waals surface area (Å²) in [5.74, 6) is -0.00997. The Bertz CT molecular complexity index is 489. The Morgan fingerprint density at radius 3 is 2.56 bits per heavy atom. The van der Waals surface area contributed by atoms with Crippen molar-refractivity contribution in [3.8, 4) is 0 Å². The van der Waals surface area contributed by atoms with Crippen LogP contribution >= 0.6 is 11.3 Å². The van der Waals surface area contributed by atoms with E-state index in [1.807, 2.05) is 23.6 Å². The van der Waals surface area contributed by atoms with Crippen LogP contribution in [0.25, 0.3) is 0 Å². The molecular weight excluding hydrogens is 240 g/mol. The summed E-state index contributed by atoms with van der Waals surface area (Å²) in [7, 11) is -1.24. The van der Waals surface area contributed by atoms with Crippen molar-refractivity contribution in [2.45, 2.75) is 4.90 Å². The summed E-state index contributed by atoms with van der Waals surface area (Å²) in [6.07, 6.45) is 0. The maximum absolute atomic E-state index is 11.8. The molecule has 0 aliphatic heterocycles. The minimum atomic E-state index is -1.24. The van der Waals surface area contributed by atoms with Crippen LogP contribution in [0.5, 0.6) is 0 Å². The van der Waals surface area contributed by atoms with Gasteiger partial charge in [-0.2, -0.15) is 11.3 Å². The number of ketones is 1. The first-order valence-electron chi connectivity index (χ1n) is 4.76. The normalized spacial score (nSPS) is 12.2. The highest BCUT2D eigenvalue weighted by Crippen LogP contribution is 2.11. The molecule has 0 radical (unpaired) electrons. The van der Waals surface area contributed by atoms with Gasteiger partial charge in [-0.25, -0.2) is 0 Å². The average molecular weight is 250 g/mol. The van der Waals surface area contributed by atoms with Crippen LogP contribution in [0.1, 0.15) is 10.4 Å². The van der Waals surface area contributed by atoms with E-state index in [4.69, 9.17) is 0 Å². The van der Waals surface area contributed by atoms with Crippen LogP contribution in [0.15, 0.2) is 52.1 Å². The van der Waals surface area contributed by atoms with Crippen LogP contribution in [-0.2, 0) is 10.8 Å². The molecule has 0 aliphatic carbocycles. The highest BCUT2D eigenvalue weighted by molar-refractivity contribution is 7.85. The minimum Gasteiger partial charge on any atom is -0.293 e. The third-order valence-electron chi connectivity index (χ3n) is 2.11. The van der Waals surface area contributed by atoms with E-state index in [1.54, 1.807) is 23.6 Å². The van der Waals surface area contributed by atoms with Gasteiger partial charge in [0.2, 0.25) is 0 Å². The standard InChI is InChI=1S/C12H10O2S2/c13-12(10-6-7-15-8-10)9-16(14)11-4-2-1-3-5-11/h1-8H,9H2. The fourth-order valence-corrected chi connectivity index (χ4v) is 2.97. The van der Waals surface area contributed by atoms with Gasteiger partial charge in [0.05, 0.1) is 16.6 Å². The molecular formula is C12H10O2S2. The molecule has 4 heteroatoms. The number of hydrogen-bond acceptors (Lipinski definition) is 3. The van der Waals surface area contributed by atoms with Crippen LogP contribution in [0.3, 0.4) is 0 Å². The van der Waals surface area contributed by atoms with E-state index in [9.17, 15) is 9.00 Å². The smallest absolute Gasteiger partial charge is 0.176 e. The molecule has 2 aromatic rings. The second kappa shape index (κ2) is 5.18. The zero-order chi connectivity index (χ0) is 11.4. The van der Waals surface area contributed by atoms with E-state index in [0.29, 0.717) is 10.5 Å². The molecule has 0 saturated heterocycles. The van der Waals surface area contributed by atoms with Gasteiger partial charge in [0.1, 0.15) is 0 Å². The Balaban J connectivity index is 2.06. The molecule has 0 fully saturated rings. The van der Waals surface area contributed by atoms with Gasteiger partial charge in [-0.3, -0.25) is 9.00 Å². The zero-order valence-electron chi connectivity index (χ0n) is 8.46. The predicted molar refractivity (Wildman–Crippen MR) is 66.4 cm³/mol. The molecule has 0 aliphatic rings. The van der Waals surface area contributed by atoms with E-state index < -0.39 is 10.8 Å². The summed E-state index contributed by atoms with van der Waals surface area (Å²) in [5.41, 5.74) is 0.647. The fourth-order valence-electron chi connectivity index (χ4n) is 1.28. The van der Waals surface area contributed by atoms with Gasteiger partial charge < -0.3 is 0 Å². The summed E-state index contributed by atoms with van der Waals surface area (Å²) in [5, 5.41) is 3.63. The summed E-state index contributed by atoms with van der Waals surface area (Å²) in [6, 6.07) is 10.8. The molecule has 1 unspecified atom stereocenters. The van der Waals surface area contributed by atoms with Crippen LogP contribution in [0.2, 0.25) is 0 Å². The molecule has 16 heavy (non-hydrogen) atoms. The predicted octanol–water partition coefficient (Wildman–Crippen LogP) is 2.74. The molecule has 1 aromatic carbocycles. The number of rotatable bonds is 4. The largest absolute Gasteiger partial charge is 0.293 e. The summed E-state index contributed by atoms with van der Waals surface area (Å²) in [6.45, 7) is 0. The Hall–Kier alpha value is -1.26. The lowest BCUT2D eigenvalue weighted by Gasteiger charge is -2.00. The Labute approximate surface area is 100 Å². The number of Topliss-reactive ketones (excluding diaryl/α,β-unsaturated/α-hetero) is 1. The van der Waals surface area contributed by atoms with Gasteiger partial charge in [0, 0.05) is 15.8 Å². The third-order valence-corrected chi connectivity index (χ3v) is 4.12. The lowest BCUT2D eigenvalue weighted by atomic mass is 10.2. The molecule has 1 heterocycles. The van der Waals surface area contributed by atoms with E-state index >= 15 is 0 Å². The second-order valence-corrected chi connectivity index (χ2v) is 5.47. The SMILES string of the molecule is O=C(CS(=O)c1ccccc1)c1ccsc1. The van der Waals surface area contributed by atoms with Gasteiger partial charge in [0.25, 0.3) is 0 Å². The van der Waals surface area contributed by atoms with Crippen molar-refractivity contribution >= 4 is 27.9 Å². The first-order valence-corrected chi connectivity index (χ1v) is 7.02. The first kappa shape index (κ1) is 11.2. The average Bonchev–Trinajstić information content (AvgIpc) is 2.83. The van der Waals surface area contributed by atoms with Gasteiger partial charge in [-0.1, -0.05) is 18.2 Å². The molecule has 0 spiro atoms. The molecule has 2 rings (SSSR count). The van der Waals surface area contributed by atoms with Crippen LogP contribution in [0, 0.1) is 0 Å². The molecule has 0 N–H and O–H groups in total. The molecule has 0 saturated carbocycles. The van der Waals surface area contributed by atoms with Crippen molar-refractivity contribution in [3.63, 3.8) is 0 Å². The third kappa shape index (κ3) is 2.65. The lowest BCUT2D eigenvalue weighted by Crippen LogP contribution is -2.10. The minimum absolute atomic E-state index is 0.0563. The summed E-state index contributed by atoms with van der Waals surface area (Å²) < 4.78 is 11.8. The zero-order valence-corrected chi connectivity index (χ0v) is 10.1. The topological polar surface area (TPSA) is 34.1 Å². The van der Waals surface area contributed by atoms with Crippen molar-refractivity contribution in [2.24, 2.45) is 0 Å². The van der Waals surface area contributed by atoms with E-state index in [-0.39, 0.29) is 11.5 Å². The van der Waals surface area contributed by atoms with Crippen LogP contribution < -0.4 is 0 Å². The number of hydrogen-bond donors (Lipinski definition) is 0. The number of carbonyl (C=O) groups is 1. The lowest BCUT2D eigenvalue weighted by molar-refractivity contribution is 0.102. The molecule has 0 bridgehead atoms. The molecule has 82 valence electrons. The summed E-state index contributed by atoms with van der Waals surface area (Å²) in [4.78, 5) is 12.4. The van der Waals surface area contributed by atoms with Gasteiger partial charge >= 0.3 is 0 Å². The van der Waals surface area contributed by atoms with Crippen molar-refractivity contribution in [1.82, 2.24) is 0 Å². The monoisotopic (exact) mass is 250 g/mol. The molecule has 2 nitrogen and oxygen atoms in total. The van der Waals surface area contributed by atoms with Crippen molar-refractivity contribution < 1.29 is 9.00 Å². The quantitative estimate of drug-likeness (QED) is 0.782. The summed E-state index contributed by atoms with van der Waals surface area (Å²) >= 11 is 1.47. The maximum atomic E-state index is 11.8. The Kier molecular flexibility index (Phi) is 3.64. The number of carbonyl (C=O) groups excluding carboxylic acids is 1. The Morgan fingerprint density at radius 2 is 1.94 bits per heavy atom. The fraction of sp³-hybridized carbons (Fsp3) is 0.0833. The Morgan fingerprint density at radius 1 is 1.19 bits per heavy atom. The van der Waals surface area contributed by atoms with Gasteiger partial charge in [0.15, 0.2) is 5.78 Å². The van der Waals surface area contributed by atoms with Crippen molar-refractivity contribution in [3.05, 3.63) is 52.7 Å². The van der Waals surface area contributed by atoms with Gasteiger partial charge in [-0.05, 0) is 23.6 Å². The van der Waals surface area contributed by atoms with Crippen LogP contribution in [0.4, 0.5) is 0 Å². The second-order valence-electron chi connectivity index (χ2n) is 3.24. The van der Waals surface area contributed by atoms with Gasteiger partial charge in [-0.15, -0.1) is 0 Å². The van der Waals surface area contributed by atoms with Crippen molar-refractivity contribution in [2.75, 3.05) is 5.75 Å². The van der Waals surface area contributed by atoms with E-state index in [2.05, 4.69) is 0 Å². The highest BCUT2D eigenvalue weighted by atomic mass is 32.2. The van der Waals surface area contributed by atoms with Crippen molar-refractivity contribution in [1.29, 1.82) is 0 Å². The maximum Gasteiger partial charge on any atom is 0.176 e. The highest BCUT2D eigenvalue weighted by Gasteiger charge is 2.12.